The van der Waals surface area contributed by atoms with Crippen molar-refractivity contribution in [1.29, 1.82) is 0 Å². The molecule has 0 bridgehead atoms. The van der Waals surface area contributed by atoms with Crippen molar-refractivity contribution in [2.75, 3.05) is 26.3 Å². The number of rotatable bonds is 4. The van der Waals surface area contributed by atoms with E-state index in [4.69, 9.17) is 9.47 Å². The summed E-state index contributed by atoms with van der Waals surface area (Å²) in [6, 6.07) is 0. The largest absolute Gasteiger partial charge is 0.376 e. The molecule has 2 saturated heterocycles. The average Bonchev–Trinajstić information content (AvgIpc) is 2.99. The third-order valence-corrected chi connectivity index (χ3v) is 5.33. The van der Waals surface area contributed by atoms with Crippen LogP contribution in [0.1, 0.15) is 36.8 Å². The van der Waals surface area contributed by atoms with Crippen LogP contribution in [0.15, 0.2) is 5.51 Å². The van der Waals surface area contributed by atoms with E-state index in [1.165, 1.54) is 30.0 Å². The summed E-state index contributed by atoms with van der Waals surface area (Å²) in [5.41, 5.74) is 3.16. The lowest BCUT2D eigenvalue weighted by Crippen LogP contribution is -2.47. The topological polar surface area (TPSA) is 34.6 Å². The molecule has 1 spiro atoms. The lowest BCUT2D eigenvalue weighted by atomic mass is 9.89. The monoisotopic (exact) mass is 296 g/mol. The van der Waals surface area contributed by atoms with Gasteiger partial charge in [0.25, 0.3) is 0 Å². The van der Waals surface area contributed by atoms with Gasteiger partial charge in [0.05, 0.1) is 29.5 Å². The Morgan fingerprint density at radius 3 is 3.25 bits per heavy atom. The van der Waals surface area contributed by atoms with E-state index in [1.54, 1.807) is 11.3 Å². The first kappa shape index (κ1) is 14.4. The maximum atomic E-state index is 6.15. The number of likely N-dealkylation sites (tertiary alicyclic amines) is 1. The summed E-state index contributed by atoms with van der Waals surface area (Å²) in [6.07, 6.45) is 3.75. The smallest absolute Gasteiger partial charge is 0.0836 e. The molecule has 2 atom stereocenters. The highest BCUT2D eigenvalue weighted by Crippen LogP contribution is 2.36. The van der Waals surface area contributed by atoms with E-state index in [2.05, 4.69) is 23.7 Å². The highest BCUT2D eigenvalue weighted by molar-refractivity contribution is 7.09. The predicted octanol–water partition coefficient (Wildman–Crippen LogP) is 2.61. The van der Waals surface area contributed by atoms with E-state index in [9.17, 15) is 0 Å². The number of aromatic nitrogens is 1. The lowest BCUT2D eigenvalue weighted by Gasteiger charge is -2.39. The minimum atomic E-state index is 0.0384. The molecule has 3 rings (SSSR count). The summed E-state index contributed by atoms with van der Waals surface area (Å²) < 4.78 is 11.9. The molecule has 1 aromatic rings. The number of thiazole rings is 1. The van der Waals surface area contributed by atoms with Crippen molar-refractivity contribution < 1.29 is 9.47 Å². The van der Waals surface area contributed by atoms with Crippen molar-refractivity contribution >= 4 is 11.3 Å². The second kappa shape index (κ2) is 6.10. The summed E-state index contributed by atoms with van der Waals surface area (Å²) in [6.45, 7) is 8.93. The van der Waals surface area contributed by atoms with Crippen LogP contribution in [0.25, 0.3) is 0 Å². The van der Waals surface area contributed by atoms with Crippen LogP contribution >= 0.6 is 11.3 Å². The summed E-state index contributed by atoms with van der Waals surface area (Å²) in [4.78, 5) is 8.26. The molecule has 0 radical (unpaired) electrons. The van der Waals surface area contributed by atoms with Gasteiger partial charge in [0, 0.05) is 31.0 Å². The van der Waals surface area contributed by atoms with Crippen molar-refractivity contribution in [2.45, 2.75) is 51.4 Å². The number of aryl methyl sites for hydroxylation is 1. The third-order valence-electron chi connectivity index (χ3n) is 4.41. The Morgan fingerprint density at radius 2 is 2.50 bits per heavy atom. The summed E-state index contributed by atoms with van der Waals surface area (Å²) in [5.74, 6) is 0. The van der Waals surface area contributed by atoms with E-state index in [-0.39, 0.29) is 5.60 Å². The second-order valence-electron chi connectivity index (χ2n) is 5.95. The molecule has 2 fully saturated rings. The van der Waals surface area contributed by atoms with Crippen molar-refractivity contribution in [3.05, 3.63) is 16.1 Å². The quantitative estimate of drug-likeness (QED) is 0.855. The van der Waals surface area contributed by atoms with Gasteiger partial charge in [-0.2, -0.15) is 0 Å². The van der Waals surface area contributed by atoms with Gasteiger partial charge in [0.2, 0.25) is 0 Å². The van der Waals surface area contributed by atoms with E-state index in [0.717, 1.165) is 32.7 Å². The lowest BCUT2D eigenvalue weighted by molar-refractivity contribution is -0.0544. The van der Waals surface area contributed by atoms with Crippen molar-refractivity contribution in [2.24, 2.45) is 0 Å². The van der Waals surface area contributed by atoms with Gasteiger partial charge in [-0.25, -0.2) is 4.98 Å². The molecule has 20 heavy (non-hydrogen) atoms. The summed E-state index contributed by atoms with van der Waals surface area (Å²) in [5, 5.41) is 0. The average molecular weight is 296 g/mol. The van der Waals surface area contributed by atoms with Gasteiger partial charge < -0.3 is 9.47 Å². The molecule has 4 nitrogen and oxygen atoms in total. The fraction of sp³-hybridized carbons (Fsp3) is 0.800. The van der Waals surface area contributed by atoms with Crippen molar-refractivity contribution in [3.8, 4) is 0 Å². The first-order valence-corrected chi connectivity index (χ1v) is 8.45. The van der Waals surface area contributed by atoms with Crippen LogP contribution in [0, 0.1) is 6.92 Å². The van der Waals surface area contributed by atoms with Gasteiger partial charge in [-0.05, 0) is 33.2 Å². The molecule has 0 aliphatic carbocycles. The Kier molecular flexibility index (Phi) is 4.40. The molecule has 1 aromatic heterocycles. The van der Waals surface area contributed by atoms with Gasteiger partial charge in [0.15, 0.2) is 0 Å². The number of hydrogen-bond donors (Lipinski definition) is 0. The minimum Gasteiger partial charge on any atom is -0.376 e. The Morgan fingerprint density at radius 1 is 1.60 bits per heavy atom. The fourth-order valence-electron chi connectivity index (χ4n) is 3.44. The van der Waals surface area contributed by atoms with Crippen LogP contribution in [0.3, 0.4) is 0 Å². The fourth-order valence-corrected chi connectivity index (χ4v) is 4.25. The van der Waals surface area contributed by atoms with Gasteiger partial charge in [0.1, 0.15) is 0 Å². The van der Waals surface area contributed by atoms with Gasteiger partial charge >= 0.3 is 0 Å². The first-order chi connectivity index (χ1) is 9.71. The normalized spacial score (nSPS) is 31.2. The Labute approximate surface area is 125 Å². The maximum Gasteiger partial charge on any atom is 0.0836 e. The van der Waals surface area contributed by atoms with Crippen LogP contribution in [-0.4, -0.2) is 47.9 Å². The zero-order chi connectivity index (χ0) is 14.0. The Bertz CT molecular complexity index is 451. The molecule has 0 unspecified atom stereocenters. The van der Waals surface area contributed by atoms with E-state index in [1.807, 2.05) is 5.51 Å². The number of nitrogens with zero attached hydrogens (tertiary/aromatic N) is 2. The number of ether oxygens (including phenoxy) is 2. The highest BCUT2D eigenvalue weighted by atomic mass is 32.1. The maximum absolute atomic E-state index is 6.15. The van der Waals surface area contributed by atoms with E-state index in [0.29, 0.717) is 6.10 Å². The van der Waals surface area contributed by atoms with E-state index >= 15 is 0 Å². The summed E-state index contributed by atoms with van der Waals surface area (Å²) >= 11 is 1.76. The predicted molar refractivity (Wildman–Crippen MR) is 80.1 cm³/mol. The number of hydrogen-bond acceptors (Lipinski definition) is 5. The first-order valence-electron chi connectivity index (χ1n) is 7.58. The Balaban J connectivity index is 1.61. The molecule has 0 N–H and O–H groups in total. The highest BCUT2D eigenvalue weighted by Gasteiger charge is 2.43. The van der Waals surface area contributed by atoms with Crippen LogP contribution < -0.4 is 0 Å². The SMILES string of the molecule is CCO[C@H]1CO[C@@]2(CCCN(Cc3scnc3C)C2)C1. The number of piperidine rings is 1. The third kappa shape index (κ3) is 3.06. The zero-order valence-corrected chi connectivity index (χ0v) is 13.2. The molecule has 2 aliphatic rings. The van der Waals surface area contributed by atoms with Gasteiger partial charge in [-0.3, -0.25) is 4.90 Å². The van der Waals surface area contributed by atoms with Crippen LogP contribution in [-0.2, 0) is 16.0 Å². The van der Waals surface area contributed by atoms with Crippen LogP contribution in [0.2, 0.25) is 0 Å². The van der Waals surface area contributed by atoms with Gasteiger partial charge in [-0.1, -0.05) is 0 Å². The zero-order valence-electron chi connectivity index (χ0n) is 12.4. The van der Waals surface area contributed by atoms with Crippen LogP contribution in [0.5, 0.6) is 0 Å². The molecule has 0 amide bonds. The van der Waals surface area contributed by atoms with Crippen molar-refractivity contribution in [3.63, 3.8) is 0 Å². The van der Waals surface area contributed by atoms with Crippen LogP contribution in [0.4, 0.5) is 0 Å². The molecular formula is C15H24N2O2S. The molecule has 3 heterocycles. The van der Waals surface area contributed by atoms with Crippen molar-refractivity contribution in [1.82, 2.24) is 9.88 Å². The minimum absolute atomic E-state index is 0.0384. The molecule has 2 aliphatic heterocycles. The summed E-state index contributed by atoms with van der Waals surface area (Å²) in [7, 11) is 0. The van der Waals surface area contributed by atoms with E-state index < -0.39 is 0 Å². The molecule has 112 valence electrons. The molecule has 0 aromatic carbocycles. The standard InChI is InChI=1S/C15H24N2O2S/c1-3-18-13-7-15(19-9-13)5-4-6-17(10-15)8-14-12(2)16-11-20-14/h11,13H,3-10H2,1-2H3/t13-,15+/m1/s1. The molecular weight excluding hydrogens is 272 g/mol. The van der Waals surface area contributed by atoms with Gasteiger partial charge in [-0.15, -0.1) is 11.3 Å². The second-order valence-corrected chi connectivity index (χ2v) is 6.89. The molecule has 5 heteroatoms. The molecule has 0 saturated carbocycles. The Hall–Kier alpha value is -0.490.